The van der Waals surface area contributed by atoms with Crippen molar-refractivity contribution in [3.05, 3.63) is 42.2 Å². The van der Waals surface area contributed by atoms with Crippen LogP contribution in [0.5, 0.6) is 0 Å². The number of anilines is 1. The van der Waals surface area contributed by atoms with Crippen molar-refractivity contribution >= 4 is 28.2 Å². The van der Waals surface area contributed by atoms with Gasteiger partial charge in [-0.05, 0) is 62.9 Å². The van der Waals surface area contributed by atoms with E-state index in [1.807, 2.05) is 24.3 Å². The number of rotatable bonds is 5. The van der Waals surface area contributed by atoms with Crippen LogP contribution >= 0.6 is 0 Å². The van der Waals surface area contributed by atoms with Crippen molar-refractivity contribution < 1.29 is 4.79 Å². The molecule has 0 aliphatic heterocycles. The third-order valence-corrected chi connectivity index (χ3v) is 5.45. The summed E-state index contributed by atoms with van der Waals surface area (Å²) in [5, 5.41) is 6.37. The van der Waals surface area contributed by atoms with Crippen molar-refractivity contribution in [1.29, 1.82) is 0 Å². The van der Waals surface area contributed by atoms with Crippen LogP contribution in [-0.2, 0) is 4.79 Å². The largest absolute Gasteiger partial charge is 0.397 e. The molecule has 0 unspecified atom stereocenters. The number of carbonyl (C=O) groups excluding carboxylic acids is 1. The van der Waals surface area contributed by atoms with E-state index in [1.165, 1.54) is 5.01 Å². The summed E-state index contributed by atoms with van der Waals surface area (Å²) in [6, 6.07) is 8.34. The van der Waals surface area contributed by atoms with Crippen LogP contribution in [0.1, 0.15) is 31.2 Å². The highest BCUT2D eigenvalue weighted by Crippen LogP contribution is 2.28. The summed E-state index contributed by atoms with van der Waals surface area (Å²) in [4.78, 5) is 19.3. The Labute approximate surface area is 166 Å². The van der Waals surface area contributed by atoms with Crippen LogP contribution in [0, 0.1) is 5.92 Å². The number of nitrogens with zero attached hydrogens (tertiary/aromatic N) is 3. The third kappa shape index (κ3) is 4.79. The molecular weight excluding hydrogens is 352 g/mol. The number of carbonyl (C=O) groups is 1. The number of hydrogen-bond donors (Lipinski definition) is 3. The molecule has 150 valence electrons. The minimum Gasteiger partial charge on any atom is -0.397 e. The Balaban J connectivity index is 1.72. The molecule has 1 fully saturated rings. The average Bonchev–Trinajstić information content (AvgIpc) is 2.67. The van der Waals surface area contributed by atoms with Gasteiger partial charge in [0.15, 0.2) is 0 Å². The van der Waals surface area contributed by atoms with E-state index in [0.29, 0.717) is 17.6 Å². The summed E-state index contributed by atoms with van der Waals surface area (Å²) < 4.78 is 0. The predicted molar refractivity (Wildman–Crippen MR) is 114 cm³/mol. The Morgan fingerprint density at radius 2 is 1.86 bits per heavy atom. The number of amides is 1. The van der Waals surface area contributed by atoms with E-state index in [0.717, 1.165) is 42.0 Å². The minimum absolute atomic E-state index is 0.0544. The number of aromatic nitrogens is 1. The van der Waals surface area contributed by atoms with Crippen LogP contribution in [0.4, 0.5) is 5.82 Å². The van der Waals surface area contributed by atoms with Crippen molar-refractivity contribution in [2.24, 2.45) is 17.5 Å². The van der Waals surface area contributed by atoms with Gasteiger partial charge in [-0.3, -0.25) is 4.79 Å². The first-order chi connectivity index (χ1) is 13.3. The topological polar surface area (TPSA) is 101 Å². The molecule has 0 atom stereocenters. The maximum atomic E-state index is 12.7. The highest BCUT2D eigenvalue weighted by Gasteiger charge is 2.27. The van der Waals surface area contributed by atoms with Crippen LogP contribution < -0.4 is 16.9 Å². The van der Waals surface area contributed by atoms with E-state index in [9.17, 15) is 4.79 Å². The van der Waals surface area contributed by atoms with Crippen LogP contribution in [0.3, 0.4) is 0 Å². The lowest BCUT2D eigenvalue weighted by molar-refractivity contribution is -0.121. The second-order valence-electron chi connectivity index (χ2n) is 7.84. The van der Waals surface area contributed by atoms with Crippen molar-refractivity contribution in [3.8, 4) is 0 Å². The molecule has 7 heteroatoms. The first-order valence-corrected chi connectivity index (χ1v) is 9.66. The molecule has 1 aliphatic carbocycles. The lowest BCUT2D eigenvalue weighted by Gasteiger charge is -2.31. The second kappa shape index (κ2) is 8.58. The molecule has 3 rings (SSSR count). The van der Waals surface area contributed by atoms with E-state index in [1.54, 1.807) is 19.4 Å². The molecule has 0 spiro atoms. The molecule has 5 N–H and O–H groups in total. The zero-order valence-corrected chi connectivity index (χ0v) is 16.9. The maximum absolute atomic E-state index is 12.7. The number of benzene rings is 1. The minimum atomic E-state index is 0.0544. The number of pyridine rings is 1. The van der Waals surface area contributed by atoms with Crippen molar-refractivity contribution in [1.82, 2.24) is 14.9 Å². The quantitative estimate of drug-likeness (QED) is 0.542. The summed E-state index contributed by atoms with van der Waals surface area (Å²) >= 11 is 0. The molecule has 2 aromatic rings. The zero-order valence-electron chi connectivity index (χ0n) is 16.9. The molecular formula is C21H30N6O. The molecule has 1 aromatic carbocycles. The molecule has 1 aromatic heterocycles. The highest BCUT2D eigenvalue weighted by molar-refractivity contribution is 5.94. The summed E-state index contributed by atoms with van der Waals surface area (Å²) in [5.41, 5.74) is 7.53. The number of nitrogens with one attached hydrogen (secondary N) is 1. The molecule has 0 saturated heterocycles. The fourth-order valence-corrected chi connectivity index (χ4v) is 3.77. The molecule has 1 saturated carbocycles. The van der Waals surface area contributed by atoms with Gasteiger partial charge in [-0.15, -0.1) is 0 Å². The van der Waals surface area contributed by atoms with E-state index in [2.05, 4.69) is 29.3 Å². The molecule has 28 heavy (non-hydrogen) atoms. The number of hydrogen-bond acceptors (Lipinski definition) is 6. The van der Waals surface area contributed by atoms with E-state index in [4.69, 9.17) is 11.6 Å². The Hall–Kier alpha value is -2.64. The first-order valence-electron chi connectivity index (χ1n) is 9.66. The lowest BCUT2D eigenvalue weighted by Crippen LogP contribution is -2.35. The molecule has 1 amide bonds. The van der Waals surface area contributed by atoms with Crippen LogP contribution in [0.25, 0.3) is 16.5 Å². The summed E-state index contributed by atoms with van der Waals surface area (Å²) in [5.74, 6) is 6.32. The smallest absolute Gasteiger partial charge is 0.228 e. The van der Waals surface area contributed by atoms with Gasteiger partial charge >= 0.3 is 0 Å². The number of fused-ring (bicyclic) bond motifs is 1. The predicted octanol–water partition coefficient (Wildman–Crippen LogP) is 2.36. The van der Waals surface area contributed by atoms with E-state index in [-0.39, 0.29) is 11.8 Å². The third-order valence-electron chi connectivity index (χ3n) is 5.45. The molecule has 1 aliphatic rings. The molecule has 1 heterocycles. The summed E-state index contributed by atoms with van der Waals surface area (Å²) in [7, 11) is 5.93. The van der Waals surface area contributed by atoms with Gasteiger partial charge in [-0.2, -0.15) is 0 Å². The van der Waals surface area contributed by atoms with Gasteiger partial charge in [0.05, 0.1) is 5.70 Å². The Morgan fingerprint density at radius 3 is 2.50 bits per heavy atom. The van der Waals surface area contributed by atoms with Crippen LogP contribution in [0.2, 0.25) is 0 Å². The fraction of sp³-hybridized carbons (Fsp3) is 0.429. The lowest BCUT2D eigenvalue weighted by atomic mass is 9.85. The Kier molecular flexibility index (Phi) is 6.16. The standard InChI is InChI=1S/C21H30N6O/c1-26(2)18-8-6-14(7-9-18)21(28)25-20-11-17-10-15(19(22)13-27(3)23)4-5-16(17)12-24-20/h4-5,10-14,18H,6-9,22-23H2,1-3H3,(H,24,25,28)/b19-13-. The molecule has 0 radical (unpaired) electrons. The van der Waals surface area contributed by atoms with Gasteiger partial charge in [-0.1, -0.05) is 12.1 Å². The first kappa shape index (κ1) is 20.1. The van der Waals surface area contributed by atoms with E-state index >= 15 is 0 Å². The van der Waals surface area contributed by atoms with Gasteiger partial charge in [-0.25, -0.2) is 10.8 Å². The zero-order chi connectivity index (χ0) is 20.3. The van der Waals surface area contributed by atoms with Crippen LogP contribution in [0.15, 0.2) is 36.7 Å². The Morgan fingerprint density at radius 1 is 1.14 bits per heavy atom. The molecule has 0 bridgehead atoms. The SMILES string of the molecule is CN(N)/C=C(\N)c1ccc2cnc(NC(=O)C3CCC(N(C)C)CC3)cc2c1. The average molecular weight is 383 g/mol. The second-order valence-corrected chi connectivity index (χ2v) is 7.84. The van der Waals surface area contributed by atoms with Crippen molar-refractivity contribution in [2.75, 3.05) is 26.5 Å². The summed E-state index contributed by atoms with van der Waals surface area (Å²) in [6.07, 6.45) is 7.38. The summed E-state index contributed by atoms with van der Waals surface area (Å²) in [6.45, 7) is 0. The monoisotopic (exact) mass is 382 g/mol. The molecule has 7 nitrogen and oxygen atoms in total. The van der Waals surface area contributed by atoms with Gasteiger partial charge in [0.25, 0.3) is 0 Å². The maximum Gasteiger partial charge on any atom is 0.228 e. The highest BCUT2D eigenvalue weighted by atomic mass is 16.1. The van der Waals surface area contributed by atoms with Crippen molar-refractivity contribution in [3.63, 3.8) is 0 Å². The normalized spacial score (nSPS) is 20.4. The number of nitrogens with two attached hydrogens (primary N) is 2. The van der Waals surface area contributed by atoms with E-state index < -0.39 is 0 Å². The van der Waals surface area contributed by atoms with Gasteiger partial charge < -0.3 is 21.0 Å². The van der Waals surface area contributed by atoms with Crippen LogP contribution in [-0.4, -0.2) is 48.0 Å². The van der Waals surface area contributed by atoms with Gasteiger partial charge in [0, 0.05) is 36.8 Å². The van der Waals surface area contributed by atoms with Gasteiger partial charge in [0.2, 0.25) is 5.91 Å². The van der Waals surface area contributed by atoms with Gasteiger partial charge in [0.1, 0.15) is 5.82 Å². The number of hydrazine groups is 1. The fourth-order valence-electron chi connectivity index (χ4n) is 3.77. The van der Waals surface area contributed by atoms with Crippen molar-refractivity contribution in [2.45, 2.75) is 31.7 Å². The Bertz CT molecular complexity index is 868.